The second kappa shape index (κ2) is 7.77. The number of hydrogen-bond donors (Lipinski definition) is 1. The van der Waals surface area contributed by atoms with E-state index in [4.69, 9.17) is 0 Å². The lowest BCUT2D eigenvalue weighted by Gasteiger charge is -2.19. The molecule has 0 saturated carbocycles. The molecule has 8 heteroatoms. The molecule has 0 saturated heterocycles. The van der Waals surface area contributed by atoms with Gasteiger partial charge in [-0.3, -0.25) is 9.10 Å². The SMILES string of the molecule is CN(c1ccccc1)S(=O)(=O)c1cccc(C(=O)Nc2c(F)cccc2F)c1. The lowest BCUT2D eigenvalue weighted by atomic mass is 10.2. The van der Waals surface area contributed by atoms with Crippen LogP contribution in [0.1, 0.15) is 10.4 Å². The summed E-state index contributed by atoms with van der Waals surface area (Å²) in [6.07, 6.45) is 0. The van der Waals surface area contributed by atoms with E-state index in [1.807, 2.05) is 0 Å². The van der Waals surface area contributed by atoms with Crippen LogP contribution in [0, 0.1) is 11.6 Å². The molecule has 0 unspecified atom stereocenters. The van der Waals surface area contributed by atoms with E-state index in [0.717, 1.165) is 22.5 Å². The summed E-state index contributed by atoms with van der Waals surface area (Å²) < 4.78 is 54.2. The number of amides is 1. The van der Waals surface area contributed by atoms with Crippen molar-refractivity contribution in [3.8, 4) is 0 Å². The van der Waals surface area contributed by atoms with Gasteiger partial charge in [0.1, 0.15) is 17.3 Å². The zero-order valence-corrected chi connectivity index (χ0v) is 15.6. The Balaban J connectivity index is 1.90. The number of carbonyl (C=O) groups excluding carboxylic acids is 1. The maximum atomic E-state index is 13.7. The van der Waals surface area contributed by atoms with Crippen LogP contribution in [-0.2, 0) is 10.0 Å². The van der Waals surface area contributed by atoms with E-state index in [1.54, 1.807) is 30.3 Å². The van der Waals surface area contributed by atoms with Crippen LogP contribution in [0.3, 0.4) is 0 Å². The van der Waals surface area contributed by atoms with Crippen molar-refractivity contribution in [1.29, 1.82) is 0 Å². The number of hydrogen-bond acceptors (Lipinski definition) is 3. The molecule has 5 nitrogen and oxygen atoms in total. The molecule has 144 valence electrons. The summed E-state index contributed by atoms with van der Waals surface area (Å²) in [5.74, 6) is -2.69. The van der Waals surface area contributed by atoms with Gasteiger partial charge in [-0.2, -0.15) is 0 Å². The lowest BCUT2D eigenvalue weighted by Crippen LogP contribution is -2.26. The summed E-state index contributed by atoms with van der Waals surface area (Å²) in [5, 5.41) is 2.14. The van der Waals surface area contributed by atoms with E-state index < -0.39 is 33.3 Å². The molecule has 3 aromatic rings. The first kappa shape index (κ1) is 19.5. The van der Waals surface area contributed by atoms with Gasteiger partial charge in [-0.15, -0.1) is 0 Å². The van der Waals surface area contributed by atoms with Crippen LogP contribution in [0.5, 0.6) is 0 Å². The number of sulfonamides is 1. The fraction of sp³-hybridized carbons (Fsp3) is 0.0500. The Morgan fingerprint density at radius 1 is 0.893 bits per heavy atom. The number of nitrogens with one attached hydrogen (secondary N) is 1. The van der Waals surface area contributed by atoms with Gasteiger partial charge in [0.25, 0.3) is 15.9 Å². The maximum absolute atomic E-state index is 13.7. The van der Waals surface area contributed by atoms with Crippen molar-refractivity contribution < 1.29 is 22.0 Å². The topological polar surface area (TPSA) is 66.5 Å². The maximum Gasteiger partial charge on any atom is 0.264 e. The Morgan fingerprint density at radius 3 is 2.14 bits per heavy atom. The Labute approximate surface area is 161 Å². The smallest absolute Gasteiger partial charge is 0.264 e. The number of rotatable bonds is 5. The third kappa shape index (κ3) is 3.86. The van der Waals surface area contributed by atoms with Crippen molar-refractivity contribution in [1.82, 2.24) is 0 Å². The molecule has 1 amide bonds. The zero-order valence-electron chi connectivity index (χ0n) is 14.8. The fourth-order valence-corrected chi connectivity index (χ4v) is 3.78. The van der Waals surface area contributed by atoms with E-state index in [0.29, 0.717) is 5.69 Å². The number of anilines is 2. The van der Waals surface area contributed by atoms with Crippen LogP contribution in [0.25, 0.3) is 0 Å². The molecule has 0 fully saturated rings. The van der Waals surface area contributed by atoms with Crippen molar-refractivity contribution in [2.75, 3.05) is 16.7 Å². The van der Waals surface area contributed by atoms with E-state index in [9.17, 15) is 22.0 Å². The predicted molar refractivity (Wildman–Crippen MR) is 103 cm³/mol. The van der Waals surface area contributed by atoms with Gasteiger partial charge in [-0.25, -0.2) is 17.2 Å². The zero-order chi connectivity index (χ0) is 20.3. The quantitative estimate of drug-likeness (QED) is 0.700. The number of benzene rings is 3. The van der Waals surface area contributed by atoms with Gasteiger partial charge in [0.15, 0.2) is 0 Å². The second-order valence-electron chi connectivity index (χ2n) is 5.89. The van der Waals surface area contributed by atoms with Gasteiger partial charge in [0.2, 0.25) is 0 Å². The first-order valence-corrected chi connectivity index (χ1v) is 9.64. The minimum absolute atomic E-state index is 0.0508. The van der Waals surface area contributed by atoms with Crippen LogP contribution in [0.4, 0.5) is 20.2 Å². The molecule has 0 atom stereocenters. The molecule has 1 N–H and O–H groups in total. The van der Waals surface area contributed by atoms with Crippen molar-refractivity contribution in [2.24, 2.45) is 0 Å². The number of carbonyl (C=O) groups is 1. The van der Waals surface area contributed by atoms with Gasteiger partial charge < -0.3 is 5.32 Å². The second-order valence-corrected chi connectivity index (χ2v) is 7.86. The first-order valence-electron chi connectivity index (χ1n) is 8.20. The highest BCUT2D eigenvalue weighted by molar-refractivity contribution is 7.92. The average molecular weight is 402 g/mol. The summed E-state index contributed by atoms with van der Waals surface area (Å²) in [6, 6.07) is 16.9. The fourth-order valence-electron chi connectivity index (χ4n) is 2.54. The molecule has 0 aliphatic rings. The molecule has 28 heavy (non-hydrogen) atoms. The molecule has 0 aromatic heterocycles. The van der Waals surface area contributed by atoms with E-state index in [2.05, 4.69) is 5.32 Å². The van der Waals surface area contributed by atoms with Gasteiger partial charge in [0, 0.05) is 12.6 Å². The van der Waals surface area contributed by atoms with Crippen LogP contribution >= 0.6 is 0 Å². The molecule has 0 bridgehead atoms. The third-order valence-corrected chi connectivity index (χ3v) is 5.86. The summed E-state index contributed by atoms with van der Waals surface area (Å²) in [5.41, 5.74) is -0.196. The Morgan fingerprint density at radius 2 is 1.50 bits per heavy atom. The summed E-state index contributed by atoms with van der Waals surface area (Å²) in [7, 11) is -2.54. The highest BCUT2D eigenvalue weighted by atomic mass is 32.2. The van der Waals surface area contributed by atoms with E-state index in [1.165, 1.54) is 31.3 Å². The first-order chi connectivity index (χ1) is 13.3. The molecule has 0 radical (unpaired) electrons. The Hall–Kier alpha value is -3.26. The third-order valence-electron chi connectivity index (χ3n) is 4.08. The Kier molecular flexibility index (Phi) is 5.41. The molecule has 0 spiro atoms. The molecule has 3 aromatic carbocycles. The van der Waals surface area contributed by atoms with Gasteiger partial charge >= 0.3 is 0 Å². The molecule has 0 aliphatic heterocycles. The number of halogens is 2. The van der Waals surface area contributed by atoms with E-state index >= 15 is 0 Å². The summed E-state index contributed by atoms with van der Waals surface area (Å²) in [4.78, 5) is 12.3. The Bertz CT molecular complexity index is 1100. The minimum Gasteiger partial charge on any atom is -0.317 e. The highest BCUT2D eigenvalue weighted by Crippen LogP contribution is 2.23. The largest absolute Gasteiger partial charge is 0.317 e. The van der Waals surface area contributed by atoms with Crippen molar-refractivity contribution in [3.05, 3.63) is 90.0 Å². The average Bonchev–Trinajstić information content (AvgIpc) is 2.71. The molecule has 3 rings (SSSR count). The highest BCUT2D eigenvalue weighted by Gasteiger charge is 2.23. The van der Waals surface area contributed by atoms with Gasteiger partial charge in [-0.05, 0) is 42.5 Å². The predicted octanol–water partition coefficient (Wildman–Crippen LogP) is 4.04. The van der Waals surface area contributed by atoms with Crippen LogP contribution in [0.2, 0.25) is 0 Å². The number of para-hydroxylation sites is 2. The summed E-state index contributed by atoms with van der Waals surface area (Å²) in [6.45, 7) is 0. The molecule has 0 aliphatic carbocycles. The van der Waals surface area contributed by atoms with Crippen LogP contribution < -0.4 is 9.62 Å². The van der Waals surface area contributed by atoms with Gasteiger partial charge in [-0.1, -0.05) is 30.3 Å². The standard InChI is InChI=1S/C20H16F2N2O3S/c1-24(15-8-3-2-4-9-15)28(26,27)16-10-5-7-14(13-16)20(25)23-19-17(21)11-6-12-18(19)22/h2-13H,1H3,(H,23,25). The monoisotopic (exact) mass is 402 g/mol. The lowest BCUT2D eigenvalue weighted by molar-refractivity contribution is 0.102. The van der Waals surface area contributed by atoms with Crippen molar-refractivity contribution in [3.63, 3.8) is 0 Å². The normalized spacial score (nSPS) is 11.1. The van der Waals surface area contributed by atoms with Crippen molar-refractivity contribution >= 4 is 27.3 Å². The van der Waals surface area contributed by atoms with Gasteiger partial charge in [0.05, 0.1) is 10.6 Å². The molecule has 0 heterocycles. The van der Waals surface area contributed by atoms with Crippen LogP contribution in [0.15, 0.2) is 77.7 Å². The molecular formula is C20H16F2N2O3S. The molecular weight excluding hydrogens is 386 g/mol. The van der Waals surface area contributed by atoms with E-state index in [-0.39, 0.29) is 10.5 Å². The number of nitrogens with zero attached hydrogens (tertiary/aromatic N) is 1. The van der Waals surface area contributed by atoms with Crippen molar-refractivity contribution in [2.45, 2.75) is 4.90 Å². The minimum atomic E-state index is -3.93. The summed E-state index contributed by atoms with van der Waals surface area (Å²) >= 11 is 0. The van der Waals surface area contributed by atoms with Crippen LogP contribution in [-0.4, -0.2) is 21.4 Å².